The molecule has 0 amide bonds. The Morgan fingerprint density at radius 2 is 1.89 bits per heavy atom. The van der Waals surface area contributed by atoms with Crippen molar-refractivity contribution in [2.24, 2.45) is 5.92 Å². The summed E-state index contributed by atoms with van der Waals surface area (Å²) in [7, 11) is 0. The molecular formula is C17H24O. The second kappa shape index (κ2) is 4.70. The highest BCUT2D eigenvalue weighted by Gasteiger charge is 2.37. The van der Waals surface area contributed by atoms with E-state index >= 15 is 0 Å². The molecule has 2 unspecified atom stereocenters. The monoisotopic (exact) mass is 244 g/mol. The number of aliphatic hydroxyl groups is 1. The summed E-state index contributed by atoms with van der Waals surface area (Å²) in [4.78, 5) is 0. The van der Waals surface area contributed by atoms with Crippen LogP contribution < -0.4 is 0 Å². The van der Waals surface area contributed by atoms with Gasteiger partial charge in [0.1, 0.15) is 0 Å². The maximum absolute atomic E-state index is 10.8. The molecule has 3 rings (SSSR count). The lowest BCUT2D eigenvalue weighted by molar-refractivity contribution is 0.0398. The highest BCUT2D eigenvalue weighted by Crippen LogP contribution is 2.44. The van der Waals surface area contributed by atoms with E-state index in [0.29, 0.717) is 5.92 Å². The number of hydrogen-bond donors (Lipinski definition) is 1. The van der Waals surface area contributed by atoms with E-state index in [9.17, 15) is 5.11 Å². The second-order valence-corrected chi connectivity index (χ2v) is 6.30. The van der Waals surface area contributed by atoms with Crippen molar-refractivity contribution in [3.63, 3.8) is 0 Å². The van der Waals surface area contributed by atoms with Gasteiger partial charge in [-0.15, -0.1) is 0 Å². The van der Waals surface area contributed by atoms with E-state index in [2.05, 4.69) is 31.2 Å². The van der Waals surface area contributed by atoms with Crippen molar-refractivity contribution in [2.75, 3.05) is 0 Å². The third-order valence-electron chi connectivity index (χ3n) is 5.19. The van der Waals surface area contributed by atoms with Gasteiger partial charge in [-0.3, -0.25) is 0 Å². The molecule has 1 aromatic carbocycles. The zero-order chi connectivity index (χ0) is 12.6. The molecule has 0 saturated heterocycles. The summed E-state index contributed by atoms with van der Waals surface area (Å²) in [5.41, 5.74) is 2.07. The fraction of sp³-hybridized carbons (Fsp3) is 0.647. The van der Waals surface area contributed by atoms with Crippen molar-refractivity contribution in [2.45, 2.75) is 63.4 Å². The van der Waals surface area contributed by atoms with Crippen molar-refractivity contribution in [3.05, 3.63) is 35.4 Å². The quantitative estimate of drug-likeness (QED) is 0.838. The van der Waals surface area contributed by atoms with E-state index in [1.807, 2.05) is 0 Å². The molecule has 0 spiro atoms. The Bertz CT molecular complexity index is 404. The smallest absolute Gasteiger partial charge is 0.0899 e. The van der Waals surface area contributed by atoms with E-state index in [0.717, 1.165) is 24.3 Å². The van der Waals surface area contributed by atoms with Crippen LogP contribution in [0.15, 0.2) is 24.3 Å². The van der Waals surface area contributed by atoms with Gasteiger partial charge >= 0.3 is 0 Å². The van der Waals surface area contributed by atoms with Gasteiger partial charge in [-0.05, 0) is 55.1 Å². The van der Waals surface area contributed by atoms with Gasteiger partial charge in [0.2, 0.25) is 0 Å². The normalized spacial score (nSPS) is 32.4. The van der Waals surface area contributed by atoms with E-state index in [4.69, 9.17) is 0 Å². The average molecular weight is 244 g/mol. The van der Waals surface area contributed by atoms with E-state index < -0.39 is 5.60 Å². The standard InChI is InChI=1S/C17H24O/c1-2-13-10-11-17(18,12-13)16-8-6-15(7-9-16)14-4-3-5-14/h6-9,13-14,18H,2-5,10-12H2,1H3. The van der Waals surface area contributed by atoms with Crippen molar-refractivity contribution in [1.29, 1.82) is 0 Å². The fourth-order valence-corrected chi connectivity index (χ4v) is 3.54. The van der Waals surface area contributed by atoms with Gasteiger partial charge in [-0.2, -0.15) is 0 Å². The van der Waals surface area contributed by atoms with Crippen LogP contribution in [0, 0.1) is 5.92 Å². The SMILES string of the molecule is CCC1CCC(O)(c2ccc(C3CCC3)cc2)C1. The summed E-state index contributed by atoms with van der Waals surface area (Å²) in [6.07, 6.45) is 8.35. The minimum Gasteiger partial charge on any atom is -0.385 e. The summed E-state index contributed by atoms with van der Waals surface area (Å²) in [6, 6.07) is 8.84. The van der Waals surface area contributed by atoms with Gasteiger partial charge in [0.15, 0.2) is 0 Å². The molecule has 98 valence electrons. The van der Waals surface area contributed by atoms with Gasteiger partial charge < -0.3 is 5.11 Å². The van der Waals surface area contributed by atoms with Gasteiger partial charge in [0, 0.05) is 0 Å². The molecule has 0 heterocycles. The van der Waals surface area contributed by atoms with Gasteiger partial charge in [0.25, 0.3) is 0 Å². The highest BCUT2D eigenvalue weighted by atomic mass is 16.3. The van der Waals surface area contributed by atoms with Crippen LogP contribution >= 0.6 is 0 Å². The minimum absolute atomic E-state index is 0.543. The Kier molecular flexibility index (Phi) is 3.19. The third-order valence-corrected chi connectivity index (χ3v) is 5.19. The van der Waals surface area contributed by atoms with Gasteiger partial charge in [0.05, 0.1) is 5.60 Å². The molecule has 2 aliphatic carbocycles. The molecule has 2 saturated carbocycles. The summed E-state index contributed by atoms with van der Waals surface area (Å²) in [5, 5.41) is 10.8. The number of benzene rings is 1. The molecule has 0 bridgehead atoms. The van der Waals surface area contributed by atoms with Crippen LogP contribution in [0.3, 0.4) is 0 Å². The molecule has 1 N–H and O–H groups in total. The summed E-state index contributed by atoms with van der Waals surface area (Å²) in [6.45, 7) is 2.23. The predicted octanol–water partition coefficient (Wildman–Crippen LogP) is 4.35. The van der Waals surface area contributed by atoms with E-state index in [1.54, 1.807) is 0 Å². The number of rotatable bonds is 3. The van der Waals surface area contributed by atoms with Crippen LogP contribution in [-0.4, -0.2) is 5.11 Å². The maximum Gasteiger partial charge on any atom is 0.0899 e. The van der Waals surface area contributed by atoms with Crippen molar-refractivity contribution in [3.8, 4) is 0 Å². The lowest BCUT2D eigenvalue weighted by Crippen LogP contribution is -2.22. The molecule has 0 aliphatic heterocycles. The predicted molar refractivity (Wildman–Crippen MR) is 74.6 cm³/mol. The molecule has 2 fully saturated rings. The molecule has 2 atom stereocenters. The zero-order valence-electron chi connectivity index (χ0n) is 11.4. The van der Waals surface area contributed by atoms with E-state index in [1.165, 1.54) is 37.7 Å². The molecule has 0 radical (unpaired) electrons. The van der Waals surface area contributed by atoms with Crippen LogP contribution in [0.4, 0.5) is 0 Å². The first-order valence-electron chi connectivity index (χ1n) is 7.54. The Balaban J connectivity index is 1.75. The summed E-state index contributed by atoms with van der Waals surface area (Å²) in [5.74, 6) is 1.50. The topological polar surface area (TPSA) is 20.2 Å². The fourth-order valence-electron chi connectivity index (χ4n) is 3.54. The Hall–Kier alpha value is -0.820. The zero-order valence-corrected chi connectivity index (χ0v) is 11.4. The summed E-state index contributed by atoms with van der Waals surface area (Å²) >= 11 is 0. The summed E-state index contributed by atoms with van der Waals surface area (Å²) < 4.78 is 0. The minimum atomic E-state index is -0.543. The Morgan fingerprint density at radius 3 is 2.39 bits per heavy atom. The third kappa shape index (κ3) is 2.09. The van der Waals surface area contributed by atoms with Gasteiger partial charge in [-0.25, -0.2) is 0 Å². The lowest BCUT2D eigenvalue weighted by atomic mass is 9.79. The highest BCUT2D eigenvalue weighted by molar-refractivity contribution is 5.30. The van der Waals surface area contributed by atoms with Crippen molar-refractivity contribution < 1.29 is 5.11 Å². The van der Waals surface area contributed by atoms with Crippen LogP contribution in [0.25, 0.3) is 0 Å². The Labute approximate surface area is 110 Å². The van der Waals surface area contributed by atoms with Crippen molar-refractivity contribution in [1.82, 2.24) is 0 Å². The van der Waals surface area contributed by atoms with Crippen LogP contribution in [-0.2, 0) is 5.60 Å². The molecule has 1 aromatic rings. The van der Waals surface area contributed by atoms with Crippen molar-refractivity contribution >= 4 is 0 Å². The first kappa shape index (κ1) is 12.2. The van der Waals surface area contributed by atoms with Crippen LogP contribution in [0.5, 0.6) is 0 Å². The van der Waals surface area contributed by atoms with Crippen LogP contribution in [0.2, 0.25) is 0 Å². The first-order valence-corrected chi connectivity index (χ1v) is 7.54. The average Bonchev–Trinajstić information content (AvgIpc) is 2.71. The molecule has 2 aliphatic rings. The molecule has 18 heavy (non-hydrogen) atoms. The number of hydrogen-bond acceptors (Lipinski definition) is 1. The maximum atomic E-state index is 10.8. The van der Waals surface area contributed by atoms with Crippen LogP contribution in [0.1, 0.15) is 68.9 Å². The second-order valence-electron chi connectivity index (χ2n) is 6.30. The molecule has 1 nitrogen and oxygen atoms in total. The molecule has 0 aromatic heterocycles. The first-order chi connectivity index (χ1) is 8.71. The van der Waals surface area contributed by atoms with Gasteiger partial charge in [-0.1, -0.05) is 44.0 Å². The van der Waals surface area contributed by atoms with E-state index in [-0.39, 0.29) is 0 Å². The lowest BCUT2D eigenvalue weighted by Gasteiger charge is -2.28. The molecule has 1 heteroatoms. The largest absolute Gasteiger partial charge is 0.385 e. The Morgan fingerprint density at radius 1 is 1.17 bits per heavy atom. The molecular weight excluding hydrogens is 220 g/mol.